The predicted octanol–water partition coefficient (Wildman–Crippen LogP) is 2.61. The highest BCUT2D eigenvalue weighted by Gasteiger charge is 2.28. The highest BCUT2D eigenvalue weighted by molar-refractivity contribution is 5.94. The molecule has 2 saturated heterocycles. The molecule has 0 saturated carbocycles. The molecular formula is C26H27N3O2. The van der Waals surface area contributed by atoms with Crippen LogP contribution < -0.4 is 5.73 Å². The Hall–Kier alpha value is -3.25. The Bertz CT molecular complexity index is 1010. The quantitative estimate of drug-likeness (QED) is 0.607. The van der Waals surface area contributed by atoms with E-state index in [1.54, 1.807) is 0 Å². The maximum absolute atomic E-state index is 12.9. The lowest BCUT2D eigenvalue weighted by molar-refractivity contribution is 0.00159. The lowest BCUT2D eigenvalue weighted by atomic mass is 10.0. The molecule has 0 bridgehead atoms. The molecule has 31 heavy (non-hydrogen) atoms. The number of hydrogen-bond acceptors (Lipinski definition) is 4. The normalized spacial score (nSPS) is 17.2. The van der Waals surface area contributed by atoms with Crippen LogP contribution in [0.4, 0.5) is 5.69 Å². The SMILES string of the molecule is Nc1ccc(C#CC#Cc2ccc(C(=O)N3CCC(N4CCOCC4)CC3)cc2)cc1. The van der Waals surface area contributed by atoms with E-state index in [4.69, 9.17) is 10.5 Å². The molecule has 2 aliphatic heterocycles. The predicted molar refractivity (Wildman–Crippen MR) is 122 cm³/mol. The Kier molecular flexibility index (Phi) is 6.89. The van der Waals surface area contributed by atoms with Crippen molar-refractivity contribution in [1.29, 1.82) is 0 Å². The molecule has 2 aromatic carbocycles. The molecule has 4 rings (SSSR count). The molecule has 0 radical (unpaired) electrons. The van der Waals surface area contributed by atoms with Crippen LogP contribution >= 0.6 is 0 Å². The second-order valence-corrected chi connectivity index (χ2v) is 7.87. The standard InChI is InChI=1S/C26H27N3O2/c27-24-11-7-22(8-12-24)4-2-1-3-21-5-9-23(10-6-21)26(30)29-15-13-25(14-16-29)28-17-19-31-20-18-28/h5-12,25H,13-20,27H2. The van der Waals surface area contributed by atoms with Crippen LogP contribution in [0.5, 0.6) is 0 Å². The van der Waals surface area contributed by atoms with Crippen LogP contribution in [0.3, 0.4) is 0 Å². The Morgan fingerprint density at radius 1 is 0.839 bits per heavy atom. The Morgan fingerprint density at radius 3 is 1.97 bits per heavy atom. The molecule has 2 aliphatic rings. The smallest absolute Gasteiger partial charge is 0.253 e. The number of nitrogens with zero attached hydrogens (tertiary/aromatic N) is 2. The van der Waals surface area contributed by atoms with E-state index < -0.39 is 0 Å². The monoisotopic (exact) mass is 413 g/mol. The fourth-order valence-electron chi connectivity index (χ4n) is 4.03. The van der Waals surface area contributed by atoms with Crippen LogP contribution in [-0.4, -0.2) is 61.1 Å². The lowest BCUT2D eigenvalue weighted by Crippen LogP contribution is -2.50. The van der Waals surface area contributed by atoms with Gasteiger partial charge in [0.15, 0.2) is 0 Å². The third-order valence-corrected chi connectivity index (χ3v) is 5.83. The van der Waals surface area contributed by atoms with Crippen molar-refractivity contribution in [2.45, 2.75) is 18.9 Å². The molecule has 2 heterocycles. The van der Waals surface area contributed by atoms with Crippen LogP contribution in [0.15, 0.2) is 48.5 Å². The van der Waals surface area contributed by atoms with Gasteiger partial charge in [-0.15, -0.1) is 0 Å². The summed E-state index contributed by atoms with van der Waals surface area (Å²) in [6.45, 7) is 5.27. The summed E-state index contributed by atoms with van der Waals surface area (Å²) in [6, 6.07) is 15.4. The zero-order valence-electron chi connectivity index (χ0n) is 17.6. The molecule has 0 atom stereocenters. The van der Waals surface area contributed by atoms with Crippen molar-refractivity contribution in [1.82, 2.24) is 9.80 Å². The van der Waals surface area contributed by atoms with E-state index in [1.807, 2.05) is 53.4 Å². The van der Waals surface area contributed by atoms with E-state index in [0.29, 0.717) is 17.3 Å². The van der Waals surface area contributed by atoms with Crippen molar-refractivity contribution in [3.05, 3.63) is 65.2 Å². The average molecular weight is 414 g/mol. The third kappa shape index (κ3) is 5.67. The van der Waals surface area contributed by atoms with Gasteiger partial charge in [-0.3, -0.25) is 9.69 Å². The molecule has 5 nitrogen and oxygen atoms in total. The number of morpholine rings is 1. The average Bonchev–Trinajstić information content (AvgIpc) is 2.83. The van der Waals surface area contributed by atoms with Crippen molar-refractivity contribution in [3.63, 3.8) is 0 Å². The van der Waals surface area contributed by atoms with Gasteiger partial charge in [-0.25, -0.2) is 0 Å². The summed E-state index contributed by atoms with van der Waals surface area (Å²) in [5.74, 6) is 11.8. The van der Waals surface area contributed by atoms with Crippen LogP contribution in [0, 0.1) is 23.7 Å². The van der Waals surface area contributed by atoms with Crippen molar-refractivity contribution in [3.8, 4) is 23.7 Å². The highest BCUT2D eigenvalue weighted by atomic mass is 16.5. The number of carbonyl (C=O) groups excluding carboxylic acids is 1. The molecule has 0 aromatic heterocycles. The van der Waals surface area contributed by atoms with Gasteiger partial charge in [0.1, 0.15) is 0 Å². The largest absolute Gasteiger partial charge is 0.399 e. The first-order chi connectivity index (χ1) is 15.2. The van der Waals surface area contributed by atoms with E-state index in [9.17, 15) is 4.79 Å². The maximum Gasteiger partial charge on any atom is 0.253 e. The minimum absolute atomic E-state index is 0.100. The number of anilines is 1. The number of likely N-dealkylation sites (tertiary alicyclic amines) is 1. The van der Waals surface area contributed by atoms with E-state index >= 15 is 0 Å². The maximum atomic E-state index is 12.9. The molecule has 0 spiro atoms. The van der Waals surface area contributed by atoms with Gasteiger partial charge in [0, 0.05) is 54.6 Å². The number of hydrogen-bond donors (Lipinski definition) is 1. The summed E-state index contributed by atoms with van der Waals surface area (Å²) >= 11 is 0. The molecule has 2 aromatic rings. The number of amides is 1. The second kappa shape index (κ2) is 10.2. The number of nitrogens with two attached hydrogens (primary N) is 1. The molecule has 2 fully saturated rings. The van der Waals surface area contributed by atoms with Crippen LogP contribution in [0.2, 0.25) is 0 Å². The Labute approximate surface area is 184 Å². The number of piperidine rings is 1. The zero-order chi connectivity index (χ0) is 21.5. The molecular weight excluding hydrogens is 386 g/mol. The van der Waals surface area contributed by atoms with Gasteiger partial charge in [0.25, 0.3) is 5.91 Å². The van der Waals surface area contributed by atoms with Crippen LogP contribution in [-0.2, 0) is 4.74 Å². The first kappa shape index (κ1) is 21.0. The molecule has 2 N–H and O–H groups in total. The second-order valence-electron chi connectivity index (χ2n) is 7.87. The number of ether oxygens (including phenoxy) is 1. The fraction of sp³-hybridized carbons (Fsp3) is 0.346. The summed E-state index contributed by atoms with van der Waals surface area (Å²) in [7, 11) is 0. The van der Waals surface area contributed by atoms with Gasteiger partial charge >= 0.3 is 0 Å². The number of benzene rings is 2. The molecule has 0 aliphatic carbocycles. The highest BCUT2D eigenvalue weighted by Crippen LogP contribution is 2.19. The first-order valence-electron chi connectivity index (χ1n) is 10.8. The molecule has 158 valence electrons. The summed E-state index contributed by atoms with van der Waals surface area (Å²) in [6.07, 6.45) is 2.06. The minimum atomic E-state index is 0.100. The van der Waals surface area contributed by atoms with Gasteiger partial charge in [-0.2, -0.15) is 0 Å². The van der Waals surface area contributed by atoms with Crippen molar-refractivity contribution in [2.24, 2.45) is 0 Å². The van der Waals surface area contributed by atoms with E-state index in [-0.39, 0.29) is 5.91 Å². The van der Waals surface area contributed by atoms with Crippen LogP contribution in [0.1, 0.15) is 34.3 Å². The van der Waals surface area contributed by atoms with E-state index in [2.05, 4.69) is 28.6 Å². The fourth-order valence-corrected chi connectivity index (χ4v) is 4.03. The van der Waals surface area contributed by atoms with Crippen molar-refractivity contribution in [2.75, 3.05) is 45.1 Å². The third-order valence-electron chi connectivity index (χ3n) is 5.83. The van der Waals surface area contributed by atoms with Gasteiger partial charge in [0.2, 0.25) is 0 Å². The van der Waals surface area contributed by atoms with Crippen molar-refractivity contribution >= 4 is 11.6 Å². The Morgan fingerprint density at radius 2 is 1.39 bits per heavy atom. The van der Waals surface area contributed by atoms with Crippen molar-refractivity contribution < 1.29 is 9.53 Å². The summed E-state index contributed by atoms with van der Waals surface area (Å²) in [5, 5.41) is 0. The van der Waals surface area contributed by atoms with E-state index in [0.717, 1.165) is 63.4 Å². The minimum Gasteiger partial charge on any atom is -0.399 e. The van der Waals surface area contributed by atoms with E-state index in [1.165, 1.54) is 0 Å². The van der Waals surface area contributed by atoms with Crippen LogP contribution in [0.25, 0.3) is 0 Å². The summed E-state index contributed by atoms with van der Waals surface area (Å²) < 4.78 is 5.44. The number of carbonyl (C=O) groups is 1. The first-order valence-corrected chi connectivity index (χ1v) is 10.8. The van der Waals surface area contributed by atoms with Gasteiger partial charge in [-0.05, 0) is 73.2 Å². The molecule has 5 heteroatoms. The number of nitrogen functional groups attached to an aromatic ring is 1. The van der Waals surface area contributed by atoms with Gasteiger partial charge < -0.3 is 15.4 Å². The summed E-state index contributed by atoms with van der Waals surface area (Å²) in [4.78, 5) is 17.3. The lowest BCUT2D eigenvalue weighted by Gasteiger charge is -2.40. The Balaban J connectivity index is 1.30. The zero-order valence-corrected chi connectivity index (χ0v) is 17.6. The molecule has 0 unspecified atom stereocenters. The number of rotatable bonds is 2. The van der Waals surface area contributed by atoms with Gasteiger partial charge in [-0.1, -0.05) is 11.8 Å². The topological polar surface area (TPSA) is 58.8 Å². The summed E-state index contributed by atoms with van der Waals surface area (Å²) in [5.41, 5.74) is 8.81. The molecule has 1 amide bonds. The van der Waals surface area contributed by atoms with Gasteiger partial charge in [0.05, 0.1) is 13.2 Å².